The van der Waals surface area contributed by atoms with Crippen molar-refractivity contribution in [3.8, 4) is 6.07 Å². The summed E-state index contributed by atoms with van der Waals surface area (Å²) in [6.07, 6.45) is 3.46. The van der Waals surface area contributed by atoms with Crippen molar-refractivity contribution in [1.29, 1.82) is 5.26 Å². The normalized spacial score (nSPS) is 19.8. The topological polar surface area (TPSA) is 67.1 Å². The van der Waals surface area contributed by atoms with Crippen molar-refractivity contribution in [3.63, 3.8) is 0 Å². The number of hydrogen-bond donors (Lipinski definition) is 1. The Bertz CT molecular complexity index is 793. The van der Waals surface area contributed by atoms with Crippen molar-refractivity contribution in [1.82, 2.24) is 9.80 Å². The van der Waals surface area contributed by atoms with Crippen LogP contribution >= 0.6 is 0 Å². The summed E-state index contributed by atoms with van der Waals surface area (Å²) in [7, 11) is 1.76. The minimum atomic E-state index is -0.381. The highest BCUT2D eigenvalue weighted by atomic mass is 19.1. The molecule has 1 aromatic carbocycles. The maximum absolute atomic E-state index is 14.9. The van der Waals surface area contributed by atoms with E-state index in [0.717, 1.165) is 52.2 Å². The molecule has 0 bridgehead atoms. The molecule has 0 aromatic heterocycles. The first-order valence-electron chi connectivity index (χ1n) is 10.5. The van der Waals surface area contributed by atoms with Crippen molar-refractivity contribution in [2.24, 2.45) is 4.99 Å². The lowest BCUT2D eigenvalue weighted by Crippen LogP contribution is -2.49. The fourth-order valence-electron chi connectivity index (χ4n) is 3.95. The number of hydrogen-bond acceptors (Lipinski definition) is 5. The van der Waals surface area contributed by atoms with Crippen LogP contribution in [0.25, 0.3) is 0 Å². The molecule has 3 rings (SSSR count). The number of anilines is 2. The third kappa shape index (κ3) is 5.29. The van der Waals surface area contributed by atoms with Crippen molar-refractivity contribution >= 4 is 17.3 Å². The molecule has 2 aliphatic heterocycles. The van der Waals surface area contributed by atoms with E-state index in [2.05, 4.69) is 32.8 Å². The van der Waals surface area contributed by atoms with Crippen LogP contribution in [0.3, 0.4) is 0 Å². The van der Waals surface area contributed by atoms with Gasteiger partial charge in [0.25, 0.3) is 0 Å². The highest BCUT2D eigenvalue weighted by Gasteiger charge is 2.27. The maximum atomic E-state index is 14.9. The van der Waals surface area contributed by atoms with Crippen LogP contribution in [0, 0.1) is 17.1 Å². The molecule has 162 valence electrons. The molecule has 1 aromatic rings. The van der Waals surface area contributed by atoms with Crippen LogP contribution in [-0.4, -0.2) is 74.3 Å². The average Bonchev–Trinajstić information content (AvgIpc) is 2.78. The first-order valence-corrected chi connectivity index (χ1v) is 10.5. The molecule has 30 heavy (non-hydrogen) atoms. The van der Waals surface area contributed by atoms with Crippen LogP contribution in [0.2, 0.25) is 0 Å². The van der Waals surface area contributed by atoms with E-state index in [-0.39, 0.29) is 11.9 Å². The molecule has 7 nitrogen and oxygen atoms in total. The molecule has 0 aliphatic carbocycles. The van der Waals surface area contributed by atoms with Gasteiger partial charge in [-0.1, -0.05) is 6.58 Å². The van der Waals surface area contributed by atoms with Gasteiger partial charge in [0.1, 0.15) is 11.9 Å². The van der Waals surface area contributed by atoms with E-state index in [0.29, 0.717) is 23.4 Å². The van der Waals surface area contributed by atoms with E-state index in [1.54, 1.807) is 18.9 Å². The number of nitrogens with one attached hydrogen (secondary N) is 1. The summed E-state index contributed by atoms with van der Waals surface area (Å²) in [5.41, 5.74) is 1.21. The Morgan fingerprint density at radius 2 is 2.07 bits per heavy atom. The standard InChI is InChI=1S/C22H31FN6O/c1-4-25-22(27(3)17(2)16-24)26-18-5-6-21(20(23)15-18)29-9-7-19(8-10-29)28-11-13-30-14-12-28/h4-6,15,17,19H,1,7-14H2,2-3H3,(H,25,26). The van der Waals surface area contributed by atoms with Crippen molar-refractivity contribution in [3.05, 3.63) is 36.8 Å². The fourth-order valence-corrected chi connectivity index (χ4v) is 3.95. The number of morpholine rings is 1. The van der Waals surface area contributed by atoms with Crippen LogP contribution in [0.1, 0.15) is 19.8 Å². The summed E-state index contributed by atoms with van der Waals surface area (Å²) in [6, 6.07) is 7.47. The number of piperidine rings is 1. The predicted octanol–water partition coefficient (Wildman–Crippen LogP) is 2.88. The van der Waals surface area contributed by atoms with Crippen LogP contribution in [0.5, 0.6) is 0 Å². The molecule has 2 fully saturated rings. The van der Waals surface area contributed by atoms with Gasteiger partial charge in [0.15, 0.2) is 0 Å². The van der Waals surface area contributed by atoms with E-state index in [1.165, 1.54) is 12.3 Å². The van der Waals surface area contributed by atoms with Gasteiger partial charge in [0, 0.05) is 51.2 Å². The SMILES string of the molecule is C=C/N=C(/Nc1ccc(N2CCC(N3CCOCC3)CC2)c(F)c1)N(C)C(C)C#N. The minimum Gasteiger partial charge on any atom is -0.379 e. The summed E-state index contributed by atoms with van der Waals surface area (Å²) in [6.45, 7) is 10.7. The van der Waals surface area contributed by atoms with Crippen molar-refractivity contribution in [2.75, 3.05) is 56.7 Å². The summed E-state index contributed by atoms with van der Waals surface area (Å²) in [5.74, 6) is 0.177. The monoisotopic (exact) mass is 414 g/mol. The Morgan fingerprint density at radius 1 is 1.37 bits per heavy atom. The van der Waals surface area contributed by atoms with Gasteiger partial charge in [-0.15, -0.1) is 0 Å². The Kier molecular flexibility index (Phi) is 7.66. The first-order chi connectivity index (χ1) is 14.5. The first kappa shape index (κ1) is 22.1. The number of rotatable bonds is 5. The summed E-state index contributed by atoms with van der Waals surface area (Å²) < 4.78 is 20.4. The average molecular weight is 415 g/mol. The fraction of sp³-hybridized carbons (Fsp3) is 0.545. The van der Waals surface area contributed by atoms with E-state index in [1.807, 2.05) is 12.1 Å². The zero-order chi connectivity index (χ0) is 21.5. The number of nitrogens with zero attached hydrogens (tertiary/aromatic N) is 5. The smallest absolute Gasteiger partial charge is 0.203 e. The Morgan fingerprint density at radius 3 is 2.67 bits per heavy atom. The summed E-state index contributed by atoms with van der Waals surface area (Å²) >= 11 is 0. The number of aliphatic imine (C=N–C) groups is 1. The van der Waals surface area contributed by atoms with Gasteiger partial charge in [-0.3, -0.25) is 4.90 Å². The third-order valence-electron chi connectivity index (χ3n) is 5.89. The van der Waals surface area contributed by atoms with Crippen LogP contribution < -0.4 is 10.2 Å². The van der Waals surface area contributed by atoms with E-state index < -0.39 is 0 Å². The van der Waals surface area contributed by atoms with Crippen LogP contribution in [-0.2, 0) is 4.74 Å². The van der Waals surface area contributed by atoms with Gasteiger partial charge in [0.2, 0.25) is 5.96 Å². The molecule has 0 spiro atoms. The van der Waals surface area contributed by atoms with E-state index in [4.69, 9.17) is 10.00 Å². The number of benzene rings is 1. The molecule has 0 saturated carbocycles. The number of guanidine groups is 1. The van der Waals surface area contributed by atoms with Crippen molar-refractivity contribution < 1.29 is 9.13 Å². The van der Waals surface area contributed by atoms with E-state index in [9.17, 15) is 4.39 Å². The molecule has 1 unspecified atom stereocenters. The van der Waals surface area contributed by atoms with Crippen LogP contribution in [0.4, 0.5) is 15.8 Å². The van der Waals surface area contributed by atoms with Crippen LogP contribution in [0.15, 0.2) is 36.0 Å². The van der Waals surface area contributed by atoms with Gasteiger partial charge < -0.3 is 19.9 Å². The third-order valence-corrected chi connectivity index (χ3v) is 5.89. The van der Waals surface area contributed by atoms with Gasteiger partial charge in [-0.05, 0) is 38.0 Å². The lowest BCUT2D eigenvalue weighted by Gasteiger charge is -2.40. The Labute approximate surface area is 178 Å². The van der Waals surface area contributed by atoms with Gasteiger partial charge in [-0.25, -0.2) is 9.38 Å². The Hall–Kier alpha value is -2.63. The zero-order valence-electron chi connectivity index (χ0n) is 17.9. The van der Waals surface area contributed by atoms with E-state index >= 15 is 0 Å². The highest BCUT2D eigenvalue weighted by molar-refractivity contribution is 5.94. The largest absolute Gasteiger partial charge is 0.379 e. The number of nitriles is 1. The molecule has 2 heterocycles. The maximum Gasteiger partial charge on any atom is 0.203 e. The predicted molar refractivity (Wildman–Crippen MR) is 118 cm³/mol. The van der Waals surface area contributed by atoms with Gasteiger partial charge >= 0.3 is 0 Å². The zero-order valence-corrected chi connectivity index (χ0v) is 17.9. The molecular weight excluding hydrogens is 383 g/mol. The summed E-state index contributed by atoms with van der Waals surface area (Å²) in [5, 5.41) is 12.2. The molecular formula is C22H31FN6O. The van der Waals surface area contributed by atoms with Gasteiger partial charge in [0.05, 0.1) is 25.0 Å². The van der Waals surface area contributed by atoms with Crippen molar-refractivity contribution in [2.45, 2.75) is 31.8 Å². The molecule has 0 radical (unpaired) electrons. The minimum absolute atomic E-state index is 0.265. The lowest BCUT2D eigenvalue weighted by atomic mass is 10.0. The van der Waals surface area contributed by atoms with Gasteiger partial charge in [-0.2, -0.15) is 5.26 Å². The highest BCUT2D eigenvalue weighted by Crippen LogP contribution is 2.27. The second-order valence-corrected chi connectivity index (χ2v) is 7.71. The molecule has 1 N–H and O–H groups in total. The molecule has 2 saturated heterocycles. The Balaban J connectivity index is 1.63. The lowest BCUT2D eigenvalue weighted by molar-refractivity contribution is 0.0115. The second-order valence-electron chi connectivity index (χ2n) is 7.71. The second kappa shape index (κ2) is 10.4. The molecule has 0 amide bonds. The molecule has 8 heteroatoms. The number of halogens is 1. The number of ether oxygens (including phenoxy) is 1. The summed E-state index contributed by atoms with van der Waals surface area (Å²) in [4.78, 5) is 10.5. The quantitative estimate of drug-likeness (QED) is 0.590. The molecule has 1 atom stereocenters. The molecule has 2 aliphatic rings.